The van der Waals surface area contributed by atoms with E-state index in [4.69, 9.17) is 11.6 Å². The molecule has 0 saturated heterocycles. The summed E-state index contributed by atoms with van der Waals surface area (Å²) >= 11 is 5.78. The smallest absolute Gasteiger partial charge is 0.111 e. The number of rotatable bonds is 3. The van der Waals surface area contributed by atoms with Crippen LogP contribution in [0.15, 0.2) is 18.2 Å². The molecule has 80 valence electrons. The Kier molecular flexibility index (Phi) is 2.96. The minimum atomic E-state index is 0.627. The Hall–Kier alpha value is -1.02. The fourth-order valence-corrected chi connectivity index (χ4v) is 2.20. The summed E-state index contributed by atoms with van der Waals surface area (Å²) in [5.74, 6) is 1.72. The third-order valence-corrected chi connectivity index (χ3v) is 2.87. The number of fused-ring (bicyclic) bond motifs is 1. The Morgan fingerprint density at radius 2 is 2.20 bits per heavy atom. The molecule has 0 bridgehead atoms. The van der Waals surface area contributed by atoms with E-state index in [9.17, 15) is 0 Å². The molecule has 0 saturated carbocycles. The zero-order valence-electron chi connectivity index (χ0n) is 9.13. The van der Waals surface area contributed by atoms with Gasteiger partial charge in [-0.3, -0.25) is 0 Å². The molecule has 0 amide bonds. The van der Waals surface area contributed by atoms with Crippen molar-refractivity contribution in [1.82, 2.24) is 9.55 Å². The average molecular weight is 223 g/mol. The van der Waals surface area contributed by atoms with E-state index >= 15 is 0 Å². The summed E-state index contributed by atoms with van der Waals surface area (Å²) in [6.07, 6.45) is 0.837. The predicted molar refractivity (Wildman–Crippen MR) is 64.6 cm³/mol. The van der Waals surface area contributed by atoms with Crippen molar-refractivity contribution in [3.8, 4) is 0 Å². The van der Waals surface area contributed by atoms with Crippen molar-refractivity contribution in [3.63, 3.8) is 0 Å². The lowest BCUT2D eigenvalue weighted by Gasteiger charge is -2.05. The molecule has 0 aliphatic carbocycles. The molecule has 1 aromatic heterocycles. The van der Waals surface area contributed by atoms with Crippen LogP contribution in [0.25, 0.3) is 11.0 Å². The van der Waals surface area contributed by atoms with Gasteiger partial charge in [0, 0.05) is 18.8 Å². The fraction of sp³-hybridized carbons (Fsp3) is 0.417. The SMILES string of the molecule is CCn1c(CCCl)nc2cccc(C)c21. The highest BCUT2D eigenvalue weighted by molar-refractivity contribution is 6.17. The minimum absolute atomic E-state index is 0.627. The van der Waals surface area contributed by atoms with Crippen molar-refractivity contribution in [1.29, 1.82) is 0 Å². The van der Waals surface area contributed by atoms with Crippen molar-refractivity contribution >= 4 is 22.6 Å². The van der Waals surface area contributed by atoms with Crippen molar-refractivity contribution < 1.29 is 0 Å². The maximum absolute atomic E-state index is 5.78. The zero-order valence-corrected chi connectivity index (χ0v) is 9.88. The number of benzene rings is 1. The van der Waals surface area contributed by atoms with Crippen LogP contribution in [0, 0.1) is 6.92 Å². The Bertz CT molecular complexity index is 474. The normalized spacial score (nSPS) is 11.1. The summed E-state index contributed by atoms with van der Waals surface area (Å²) in [7, 11) is 0. The zero-order chi connectivity index (χ0) is 10.8. The van der Waals surface area contributed by atoms with E-state index in [1.807, 2.05) is 0 Å². The molecule has 0 unspecified atom stereocenters. The number of nitrogens with zero attached hydrogens (tertiary/aromatic N) is 2. The first-order valence-electron chi connectivity index (χ1n) is 5.28. The average Bonchev–Trinajstić information content (AvgIpc) is 2.57. The first-order chi connectivity index (χ1) is 7.27. The van der Waals surface area contributed by atoms with Crippen LogP contribution in [0.1, 0.15) is 18.3 Å². The van der Waals surface area contributed by atoms with Gasteiger partial charge in [-0.25, -0.2) is 4.98 Å². The highest BCUT2D eigenvalue weighted by Gasteiger charge is 2.09. The molecule has 0 N–H and O–H groups in total. The van der Waals surface area contributed by atoms with Gasteiger partial charge in [-0.15, -0.1) is 11.6 Å². The predicted octanol–water partition coefficient (Wildman–Crippen LogP) is 3.15. The van der Waals surface area contributed by atoms with E-state index in [1.165, 1.54) is 11.1 Å². The van der Waals surface area contributed by atoms with E-state index < -0.39 is 0 Å². The lowest BCUT2D eigenvalue weighted by molar-refractivity contribution is 0.726. The third-order valence-electron chi connectivity index (χ3n) is 2.68. The number of hydrogen-bond acceptors (Lipinski definition) is 1. The second-order valence-electron chi connectivity index (χ2n) is 3.65. The fourth-order valence-electron chi connectivity index (χ4n) is 2.03. The highest BCUT2D eigenvalue weighted by Crippen LogP contribution is 2.20. The summed E-state index contributed by atoms with van der Waals surface area (Å²) in [6, 6.07) is 6.24. The Labute approximate surface area is 94.9 Å². The number of para-hydroxylation sites is 1. The van der Waals surface area contributed by atoms with Crippen LogP contribution in [0.4, 0.5) is 0 Å². The summed E-state index contributed by atoms with van der Waals surface area (Å²) in [5, 5.41) is 0. The summed E-state index contributed by atoms with van der Waals surface area (Å²) in [6.45, 7) is 5.22. The van der Waals surface area contributed by atoms with Crippen LogP contribution in [0.3, 0.4) is 0 Å². The lowest BCUT2D eigenvalue weighted by Crippen LogP contribution is -2.02. The Morgan fingerprint density at radius 1 is 1.40 bits per heavy atom. The number of alkyl halides is 1. The van der Waals surface area contributed by atoms with E-state index in [1.54, 1.807) is 0 Å². The van der Waals surface area contributed by atoms with E-state index in [-0.39, 0.29) is 0 Å². The van der Waals surface area contributed by atoms with E-state index in [0.29, 0.717) is 5.88 Å². The molecule has 0 spiro atoms. The van der Waals surface area contributed by atoms with Gasteiger partial charge in [0.05, 0.1) is 11.0 Å². The molecule has 15 heavy (non-hydrogen) atoms. The largest absolute Gasteiger partial charge is 0.328 e. The standard InChI is InChI=1S/C12H15ClN2/c1-3-15-11(7-8-13)14-10-6-4-5-9(2)12(10)15/h4-6H,3,7-8H2,1-2H3. The topological polar surface area (TPSA) is 17.8 Å². The van der Waals surface area contributed by atoms with Crippen molar-refractivity contribution in [2.45, 2.75) is 26.8 Å². The van der Waals surface area contributed by atoms with Crippen LogP contribution in [0.5, 0.6) is 0 Å². The van der Waals surface area contributed by atoms with Crippen LogP contribution in [-0.2, 0) is 13.0 Å². The highest BCUT2D eigenvalue weighted by atomic mass is 35.5. The summed E-state index contributed by atoms with van der Waals surface area (Å²) < 4.78 is 2.26. The summed E-state index contributed by atoms with van der Waals surface area (Å²) in [4.78, 5) is 4.61. The molecule has 0 radical (unpaired) electrons. The molecule has 0 atom stereocenters. The van der Waals surface area contributed by atoms with Gasteiger partial charge in [0.1, 0.15) is 5.82 Å². The summed E-state index contributed by atoms with van der Waals surface area (Å²) in [5.41, 5.74) is 3.61. The monoisotopic (exact) mass is 222 g/mol. The number of aryl methyl sites for hydroxylation is 3. The molecule has 3 heteroatoms. The van der Waals surface area contributed by atoms with Gasteiger partial charge in [0.25, 0.3) is 0 Å². The first-order valence-corrected chi connectivity index (χ1v) is 5.82. The third kappa shape index (κ3) is 1.74. The molecular formula is C12H15ClN2. The van der Waals surface area contributed by atoms with Gasteiger partial charge in [-0.2, -0.15) is 0 Å². The molecule has 2 nitrogen and oxygen atoms in total. The second kappa shape index (κ2) is 4.23. The minimum Gasteiger partial charge on any atom is -0.328 e. The maximum Gasteiger partial charge on any atom is 0.111 e. The van der Waals surface area contributed by atoms with Crippen LogP contribution in [0.2, 0.25) is 0 Å². The molecule has 0 fully saturated rings. The van der Waals surface area contributed by atoms with Crippen molar-refractivity contribution in [2.75, 3.05) is 5.88 Å². The number of imidazole rings is 1. The van der Waals surface area contributed by atoms with Crippen molar-refractivity contribution in [3.05, 3.63) is 29.6 Å². The van der Waals surface area contributed by atoms with Gasteiger partial charge in [-0.05, 0) is 25.5 Å². The van der Waals surface area contributed by atoms with Gasteiger partial charge in [0.2, 0.25) is 0 Å². The van der Waals surface area contributed by atoms with Gasteiger partial charge >= 0.3 is 0 Å². The number of hydrogen-bond donors (Lipinski definition) is 0. The first kappa shape index (κ1) is 10.5. The van der Waals surface area contributed by atoms with E-state index in [2.05, 4.69) is 41.6 Å². The van der Waals surface area contributed by atoms with Gasteiger partial charge in [0.15, 0.2) is 0 Å². The van der Waals surface area contributed by atoms with Crippen LogP contribution >= 0.6 is 11.6 Å². The molecule has 1 heterocycles. The molecule has 2 aromatic rings. The van der Waals surface area contributed by atoms with Crippen LogP contribution in [-0.4, -0.2) is 15.4 Å². The second-order valence-corrected chi connectivity index (χ2v) is 4.03. The Morgan fingerprint density at radius 3 is 2.87 bits per heavy atom. The van der Waals surface area contributed by atoms with Gasteiger partial charge < -0.3 is 4.57 Å². The Balaban J connectivity index is 2.68. The molecular weight excluding hydrogens is 208 g/mol. The van der Waals surface area contributed by atoms with Crippen molar-refractivity contribution in [2.24, 2.45) is 0 Å². The maximum atomic E-state index is 5.78. The van der Waals surface area contributed by atoms with E-state index in [0.717, 1.165) is 24.3 Å². The quantitative estimate of drug-likeness (QED) is 0.730. The number of aromatic nitrogens is 2. The molecule has 0 aliphatic heterocycles. The lowest BCUT2D eigenvalue weighted by atomic mass is 10.2. The van der Waals surface area contributed by atoms with Crippen LogP contribution < -0.4 is 0 Å². The molecule has 1 aromatic carbocycles. The number of halogens is 1. The molecule has 2 rings (SSSR count). The molecule has 0 aliphatic rings. The van der Waals surface area contributed by atoms with Gasteiger partial charge in [-0.1, -0.05) is 12.1 Å².